The number of aromatic nitrogens is 1. The van der Waals surface area contributed by atoms with Crippen LogP contribution in [-0.2, 0) is 12.8 Å². The monoisotopic (exact) mass is 372 g/mol. The third-order valence-corrected chi connectivity index (χ3v) is 5.57. The fraction of sp³-hybridized carbons (Fsp3) is 0.130. The number of nitrogens with zero attached hydrogens (tertiary/aromatic N) is 1. The number of thiazole rings is 1. The quantitative estimate of drug-likeness (QED) is 0.492. The van der Waals surface area contributed by atoms with Crippen molar-refractivity contribution in [2.24, 2.45) is 0 Å². The Kier molecular flexibility index (Phi) is 4.99. The predicted octanol–water partition coefficient (Wildman–Crippen LogP) is 5.64. The second kappa shape index (κ2) is 7.72. The molecule has 0 bridgehead atoms. The van der Waals surface area contributed by atoms with Crippen LogP contribution in [0, 0.1) is 6.92 Å². The van der Waals surface area contributed by atoms with Crippen LogP contribution in [0.1, 0.15) is 27.0 Å². The lowest BCUT2D eigenvalue weighted by Gasteiger charge is -2.09. The van der Waals surface area contributed by atoms with Crippen molar-refractivity contribution in [3.63, 3.8) is 0 Å². The molecule has 134 valence electrons. The summed E-state index contributed by atoms with van der Waals surface area (Å²) < 4.78 is 1.09. The standard InChI is InChI=1S/C23H20N2OS/c1-16-8-7-13-20-21(16)24-23(27-20)25-22(26)19-12-6-5-11-18(19)15-14-17-9-3-2-4-10-17/h2-13H,14-15H2,1H3,(H,24,25,26). The Bertz CT molecular complexity index is 1090. The van der Waals surface area contributed by atoms with Crippen molar-refractivity contribution >= 4 is 32.6 Å². The first-order chi connectivity index (χ1) is 13.2. The largest absolute Gasteiger partial charge is 0.298 e. The number of carbonyl (C=O) groups excluding carboxylic acids is 1. The van der Waals surface area contributed by atoms with E-state index in [-0.39, 0.29) is 5.91 Å². The molecule has 27 heavy (non-hydrogen) atoms. The summed E-state index contributed by atoms with van der Waals surface area (Å²) in [5.41, 5.74) is 5.11. The van der Waals surface area contributed by atoms with Crippen LogP contribution in [0.5, 0.6) is 0 Å². The molecule has 1 amide bonds. The number of para-hydroxylation sites is 1. The van der Waals surface area contributed by atoms with Gasteiger partial charge in [-0.3, -0.25) is 10.1 Å². The molecule has 1 N–H and O–H groups in total. The van der Waals surface area contributed by atoms with Crippen LogP contribution in [0.15, 0.2) is 72.8 Å². The molecule has 4 aromatic rings. The fourth-order valence-electron chi connectivity index (χ4n) is 3.19. The van der Waals surface area contributed by atoms with Gasteiger partial charge in [0, 0.05) is 5.56 Å². The SMILES string of the molecule is Cc1cccc2sc(NC(=O)c3ccccc3CCc3ccccc3)nc12. The molecule has 0 fully saturated rings. The molecular formula is C23H20N2OS. The molecule has 4 rings (SSSR count). The highest BCUT2D eigenvalue weighted by atomic mass is 32.1. The smallest absolute Gasteiger partial charge is 0.257 e. The first kappa shape index (κ1) is 17.4. The summed E-state index contributed by atoms with van der Waals surface area (Å²) in [5, 5.41) is 3.62. The second-order valence-electron chi connectivity index (χ2n) is 6.54. The summed E-state index contributed by atoms with van der Waals surface area (Å²) in [6, 6.07) is 24.2. The minimum atomic E-state index is -0.102. The van der Waals surface area contributed by atoms with Crippen molar-refractivity contribution in [3.8, 4) is 0 Å². The molecule has 0 atom stereocenters. The molecule has 0 aliphatic rings. The summed E-state index contributed by atoms with van der Waals surface area (Å²) in [6.07, 6.45) is 1.73. The van der Waals surface area contributed by atoms with Gasteiger partial charge in [0.25, 0.3) is 5.91 Å². The predicted molar refractivity (Wildman–Crippen MR) is 113 cm³/mol. The van der Waals surface area contributed by atoms with E-state index in [9.17, 15) is 4.79 Å². The van der Waals surface area contributed by atoms with E-state index in [1.54, 1.807) is 0 Å². The lowest BCUT2D eigenvalue weighted by Crippen LogP contribution is -2.14. The first-order valence-electron chi connectivity index (χ1n) is 9.00. The van der Waals surface area contributed by atoms with E-state index < -0.39 is 0 Å². The van der Waals surface area contributed by atoms with E-state index in [0.717, 1.165) is 34.2 Å². The highest BCUT2D eigenvalue weighted by Gasteiger charge is 2.14. The third kappa shape index (κ3) is 3.91. The first-order valence-corrected chi connectivity index (χ1v) is 9.82. The molecule has 0 unspecified atom stereocenters. The average molecular weight is 372 g/mol. The number of hydrogen-bond acceptors (Lipinski definition) is 3. The Morgan fingerprint density at radius 1 is 0.926 bits per heavy atom. The summed E-state index contributed by atoms with van der Waals surface area (Å²) in [5.74, 6) is -0.102. The maximum Gasteiger partial charge on any atom is 0.257 e. The van der Waals surface area contributed by atoms with Crippen molar-refractivity contribution in [1.82, 2.24) is 4.98 Å². The molecular weight excluding hydrogens is 352 g/mol. The van der Waals surface area contributed by atoms with Crippen molar-refractivity contribution in [3.05, 3.63) is 95.1 Å². The van der Waals surface area contributed by atoms with E-state index in [2.05, 4.69) is 22.4 Å². The van der Waals surface area contributed by atoms with Crippen LogP contribution in [0.25, 0.3) is 10.2 Å². The summed E-state index contributed by atoms with van der Waals surface area (Å²) in [6.45, 7) is 2.03. The van der Waals surface area contributed by atoms with Crippen LogP contribution in [0.4, 0.5) is 5.13 Å². The lowest BCUT2D eigenvalue weighted by molar-refractivity contribution is 0.102. The zero-order chi connectivity index (χ0) is 18.6. The highest BCUT2D eigenvalue weighted by molar-refractivity contribution is 7.22. The van der Waals surface area contributed by atoms with Crippen molar-refractivity contribution < 1.29 is 4.79 Å². The van der Waals surface area contributed by atoms with Gasteiger partial charge in [0.2, 0.25) is 0 Å². The van der Waals surface area contributed by atoms with Crippen molar-refractivity contribution in [2.45, 2.75) is 19.8 Å². The van der Waals surface area contributed by atoms with E-state index >= 15 is 0 Å². The molecule has 0 spiro atoms. The molecule has 4 heteroatoms. The fourth-order valence-corrected chi connectivity index (χ4v) is 4.13. The topological polar surface area (TPSA) is 42.0 Å². The Morgan fingerprint density at radius 2 is 1.70 bits per heavy atom. The highest BCUT2D eigenvalue weighted by Crippen LogP contribution is 2.28. The van der Waals surface area contributed by atoms with Crippen LogP contribution in [-0.4, -0.2) is 10.9 Å². The average Bonchev–Trinajstić information content (AvgIpc) is 3.11. The van der Waals surface area contributed by atoms with Gasteiger partial charge in [-0.25, -0.2) is 4.98 Å². The number of anilines is 1. The maximum absolute atomic E-state index is 12.9. The zero-order valence-electron chi connectivity index (χ0n) is 15.1. The Balaban J connectivity index is 1.53. The minimum absolute atomic E-state index is 0.102. The molecule has 0 saturated heterocycles. The van der Waals surface area contributed by atoms with E-state index in [4.69, 9.17) is 0 Å². The molecule has 1 aromatic heterocycles. The number of carbonyl (C=O) groups is 1. The Morgan fingerprint density at radius 3 is 2.52 bits per heavy atom. The van der Waals surface area contributed by atoms with E-state index in [1.807, 2.05) is 67.6 Å². The van der Waals surface area contributed by atoms with E-state index in [1.165, 1.54) is 16.9 Å². The maximum atomic E-state index is 12.9. The number of rotatable bonds is 5. The molecule has 1 heterocycles. The van der Waals surface area contributed by atoms with Gasteiger partial charge in [0.05, 0.1) is 10.2 Å². The molecule has 0 radical (unpaired) electrons. The number of nitrogens with one attached hydrogen (secondary N) is 1. The number of fused-ring (bicyclic) bond motifs is 1. The van der Waals surface area contributed by atoms with Crippen LogP contribution in [0.2, 0.25) is 0 Å². The summed E-state index contributed by atoms with van der Waals surface area (Å²) in [4.78, 5) is 17.5. The number of benzene rings is 3. The molecule has 0 aliphatic heterocycles. The zero-order valence-corrected chi connectivity index (χ0v) is 15.9. The number of amides is 1. The van der Waals surface area contributed by atoms with Gasteiger partial charge >= 0.3 is 0 Å². The molecule has 3 nitrogen and oxygen atoms in total. The van der Waals surface area contributed by atoms with Gasteiger partial charge in [-0.15, -0.1) is 0 Å². The number of hydrogen-bond donors (Lipinski definition) is 1. The van der Waals surface area contributed by atoms with E-state index in [0.29, 0.717) is 10.7 Å². The van der Waals surface area contributed by atoms with Gasteiger partial charge < -0.3 is 0 Å². The minimum Gasteiger partial charge on any atom is -0.298 e. The van der Waals surface area contributed by atoms with Crippen molar-refractivity contribution in [2.75, 3.05) is 5.32 Å². The van der Waals surface area contributed by atoms with Crippen molar-refractivity contribution in [1.29, 1.82) is 0 Å². The van der Waals surface area contributed by atoms with Gasteiger partial charge in [-0.1, -0.05) is 72.0 Å². The molecule has 0 saturated carbocycles. The van der Waals surface area contributed by atoms with Gasteiger partial charge in [0.1, 0.15) is 0 Å². The lowest BCUT2D eigenvalue weighted by atomic mass is 9.99. The number of aryl methyl sites for hydroxylation is 3. The van der Waals surface area contributed by atoms with Gasteiger partial charge in [-0.05, 0) is 48.6 Å². The van der Waals surface area contributed by atoms with Gasteiger partial charge in [-0.2, -0.15) is 0 Å². The summed E-state index contributed by atoms with van der Waals surface area (Å²) in [7, 11) is 0. The Labute approximate surface area is 162 Å². The summed E-state index contributed by atoms with van der Waals surface area (Å²) >= 11 is 1.51. The Hall–Kier alpha value is -2.98. The van der Waals surface area contributed by atoms with Crippen LogP contribution in [0.3, 0.4) is 0 Å². The van der Waals surface area contributed by atoms with Gasteiger partial charge in [0.15, 0.2) is 5.13 Å². The second-order valence-corrected chi connectivity index (χ2v) is 7.57. The third-order valence-electron chi connectivity index (χ3n) is 4.63. The van der Waals surface area contributed by atoms with Crippen LogP contribution >= 0.6 is 11.3 Å². The molecule has 3 aromatic carbocycles. The normalized spacial score (nSPS) is 10.9. The van der Waals surface area contributed by atoms with Crippen LogP contribution < -0.4 is 5.32 Å². The molecule has 0 aliphatic carbocycles.